The zero-order chi connectivity index (χ0) is 27.0. The van der Waals surface area contributed by atoms with E-state index >= 15 is 0 Å². The number of carbonyl (C=O) groups is 1. The average molecular weight is 531 g/mol. The number of halogens is 1. The molecule has 2 aromatic carbocycles. The van der Waals surface area contributed by atoms with Crippen molar-refractivity contribution >= 4 is 23.3 Å². The molecule has 38 heavy (non-hydrogen) atoms. The van der Waals surface area contributed by atoms with E-state index in [9.17, 15) is 4.79 Å². The molecular formula is C32H35ClN2O3. The molecule has 6 heteroatoms. The Hall–Kier alpha value is -3.31. The van der Waals surface area contributed by atoms with Crippen LogP contribution in [0, 0.1) is 11.3 Å². The Morgan fingerprint density at radius 3 is 2.53 bits per heavy atom. The van der Waals surface area contributed by atoms with Crippen LogP contribution in [0.25, 0.3) is 0 Å². The fourth-order valence-electron chi connectivity index (χ4n) is 6.71. The number of hydrogen-bond donors (Lipinski definition) is 2. The molecule has 2 heterocycles. The number of hydrogen-bond acceptors (Lipinski definition) is 4. The lowest BCUT2D eigenvalue weighted by atomic mass is 9.63. The first-order chi connectivity index (χ1) is 18.2. The quantitative estimate of drug-likeness (QED) is 0.446. The molecule has 0 spiro atoms. The maximum atomic E-state index is 10.3. The third-order valence-corrected chi connectivity index (χ3v) is 9.25. The molecule has 2 aliphatic carbocycles. The van der Waals surface area contributed by atoms with Gasteiger partial charge in [-0.2, -0.15) is 0 Å². The molecule has 0 saturated heterocycles. The van der Waals surface area contributed by atoms with Crippen LogP contribution in [0.3, 0.4) is 0 Å². The predicted molar refractivity (Wildman–Crippen MR) is 153 cm³/mol. The normalized spacial score (nSPS) is 25.6. The van der Waals surface area contributed by atoms with Crippen LogP contribution in [0.4, 0.5) is 0 Å². The van der Waals surface area contributed by atoms with Crippen LogP contribution in [-0.2, 0) is 6.42 Å². The van der Waals surface area contributed by atoms with Gasteiger partial charge in [-0.05, 0) is 73.4 Å². The van der Waals surface area contributed by atoms with E-state index in [1.807, 2.05) is 0 Å². The van der Waals surface area contributed by atoms with Crippen LogP contribution in [0.15, 0.2) is 93.1 Å². The monoisotopic (exact) mass is 530 g/mol. The third kappa shape index (κ3) is 4.58. The number of likely N-dealkylation sites (tertiary alicyclic amines) is 1. The number of carboxylic acid groups (broad SMARTS) is 1. The summed E-state index contributed by atoms with van der Waals surface area (Å²) in [6.07, 6.45) is 6.81. The fraction of sp³-hybridized carbons (Fsp3) is 0.375. The lowest BCUT2D eigenvalue weighted by Gasteiger charge is -2.48. The number of carboxylic acids is 1. The molecule has 6 rings (SSSR count). The molecule has 0 fully saturated rings. The number of fused-ring (bicyclic) bond motifs is 1. The van der Waals surface area contributed by atoms with E-state index in [0.29, 0.717) is 18.5 Å². The van der Waals surface area contributed by atoms with Gasteiger partial charge in [0.25, 0.3) is 0 Å². The summed E-state index contributed by atoms with van der Waals surface area (Å²) in [6.45, 7) is 8.86. The Morgan fingerprint density at radius 1 is 1.13 bits per heavy atom. The first-order valence-electron chi connectivity index (χ1n) is 13.4. The smallest absolute Gasteiger partial charge is 0.339 e. The summed E-state index contributed by atoms with van der Waals surface area (Å²) >= 11 is 6.57. The van der Waals surface area contributed by atoms with Crippen LogP contribution in [0.1, 0.15) is 56.0 Å². The molecular weight excluding hydrogens is 496 g/mol. The lowest BCUT2D eigenvalue weighted by molar-refractivity contribution is 0.0693. The summed E-state index contributed by atoms with van der Waals surface area (Å²) in [7, 11) is 0. The van der Waals surface area contributed by atoms with Crippen LogP contribution in [0.2, 0.25) is 0 Å². The highest BCUT2D eigenvalue weighted by molar-refractivity contribution is 6.30. The van der Waals surface area contributed by atoms with Crippen molar-refractivity contribution in [1.29, 1.82) is 0 Å². The number of phenols is 1. The number of benzene rings is 2. The molecule has 0 amide bonds. The Balaban J connectivity index is 0.000000249. The molecule has 198 valence electrons. The minimum Gasteiger partial charge on any atom is -0.507 e. The van der Waals surface area contributed by atoms with Crippen LogP contribution >= 0.6 is 11.6 Å². The van der Waals surface area contributed by atoms with E-state index in [4.69, 9.17) is 26.8 Å². The van der Waals surface area contributed by atoms with Crippen molar-refractivity contribution in [3.05, 3.63) is 99.2 Å². The van der Waals surface area contributed by atoms with E-state index in [2.05, 4.69) is 62.1 Å². The number of allylic oxidation sites excluding steroid dienone is 4. The zero-order valence-corrected chi connectivity index (χ0v) is 23.0. The van der Waals surface area contributed by atoms with Gasteiger partial charge in [-0.3, -0.25) is 4.99 Å². The number of rotatable bonds is 4. The first kappa shape index (κ1) is 26.3. The van der Waals surface area contributed by atoms with Crippen molar-refractivity contribution in [1.82, 2.24) is 4.90 Å². The predicted octanol–water partition coefficient (Wildman–Crippen LogP) is 6.99. The van der Waals surface area contributed by atoms with Crippen LogP contribution in [0.5, 0.6) is 5.75 Å². The Labute approximate surface area is 229 Å². The Bertz CT molecular complexity index is 1370. The second-order valence-corrected chi connectivity index (χ2v) is 11.3. The second kappa shape index (κ2) is 10.5. The van der Waals surface area contributed by atoms with Gasteiger partial charge in [-0.15, -0.1) is 0 Å². The van der Waals surface area contributed by atoms with Crippen molar-refractivity contribution in [3.63, 3.8) is 0 Å². The van der Waals surface area contributed by atoms with Crippen molar-refractivity contribution < 1.29 is 15.0 Å². The number of nitrogens with zero attached hydrogens (tertiary/aromatic N) is 2. The molecule has 4 aliphatic rings. The largest absolute Gasteiger partial charge is 0.507 e. The van der Waals surface area contributed by atoms with Gasteiger partial charge in [0.1, 0.15) is 11.3 Å². The van der Waals surface area contributed by atoms with E-state index in [0.717, 1.165) is 30.8 Å². The first-order valence-corrected chi connectivity index (χ1v) is 13.7. The van der Waals surface area contributed by atoms with Gasteiger partial charge in [-0.1, -0.05) is 73.5 Å². The third-order valence-electron chi connectivity index (χ3n) is 9.02. The number of aliphatic imine (C=N–C) groups is 1. The number of para-hydroxylation sites is 1. The molecule has 3 atom stereocenters. The van der Waals surface area contributed by atoms with Crippen LogP contribution in [-0.4, -0.2) is 45.9 Å². The standard InChI is InChI=1S/C25H29ClN2.C7H6O3/c1-16-24-14-21-20-13-19(26)15-27-17(2)25(16,3)22(20)9-10-23(21)28(24)12-11-18-7-5-4-6-8-18;8-6-4-2-1-3-5(6)7(9)10/h4-8,13,16,24H,9-12,14-15H2,1-3H3;1-4,8H,(H,9,10). The summed E-state index contributed by atoms with van der Waals surface area (Å²) in [4.78, 5) is 17.9. The minimum atomic E-state index is -1.11. The van der Waals surface area contributed by atoms with E-state index < -0.39 is 5.97 Å². The summed E-state index contributed by atoms with van der Waals surface area (Å²) in [5, 5.41) is 18.2. The molecule has 0 aromatic heterocycles. The molecule has 3 unspecified atom stereocenters. The highest BCUT2D eigenvalue weighted by atomic mass is 35.5. The molecule has 2 aromatic rings. The van der Waals surface area contributed by atoms with Gasteiger partial charge in [0, 0.05) is 34.4 Å². The average Bonchev–Trinajstić information content (AvgIpc) is 3.26. The minimum absolute atomic E-state index is 0.0345. The SMILES string of the molecule is CC1=NCC(Cl)=CC2=C3CCC4=C2CC(C(C)C13C)N4CCc1ccccc1.O=C(O)c1ccccc1O. The Kier molecular flexibility index (Phi) is 7.23. The van der Waals surface area contributed by atoms with Crippen molar-refractivity contribution in [2.75, 3.05) is 13.1 Å². The maximum absolute atomic E-state index is 10.3. The summed E-state index contributed by atoms with van der Waals surface area (Å²) in [5.41, 5.74) is 8.85. The summed E-state index contributed by atoms with van der Waals surface area (Å²) < 4.78 is 0. The second-order valence-electron chi connectivity index (χ2n) is 10.8. The van der Waals surface area contributed by atoms with Gasteiger partial charge >= 0.3 is 5.97 Å². The van der Waals surface area contributed by atoms with Crippen molar-refractivity contribution in [2.45, 2.75) is 52.5 Å². The summed E-state index contributed by atoms with van der Waals surface area (Å²) in [6, 6.07) is 17.3. The van der Waals surface area contributed by atoms with Gasteiger partial charge in [0.05, 0.1) is 6.54 Å². The fourth-order valence-corrected chi connectivity index (χ4v) is 6.88. The number of aromatic hydroxyl groups is 1. The molecule has 0 radical (unpaired) electrons. The van der Waals surface area contributed by atoms with Gasteiger partial charge < -0.3 is 15.1 Å². The lowest BCUT2D eigenvalue weighted by Crippen LogP contribution is -2.48. The molecule has 0 saturated carbocycles. The van der Waals surface area contributed by atoms with Gasteiger partial charge in [0.2, 0.25) is 0 Å². The number of aromatic carboxylic acids is 1. The molecule has 5 nitrogen and oxygen atoms in total. The van der Waals surface area contributed by atoms with E-state index in [1.54, 1.807) is 29.0 Å². The molecule has 5 bridgehead atoms. The van der Waals surface area contributed by atoms with Gasteiger partial charge in [0.15, 0.2) is 0 Å². The van der Waals surface area contributed by atoms with E-state index in [1.165, 1.54) is 35.4 Å². The highest BCUT2D eigenvalue weighted by Gasteiger charge is 2.52. The van der Waals surface area contributed by atoms with Crippen molar-refractivity contribution in [2.24, 2.45) is 16.3 Å². The van der Waals surface area contributed by atoms with E-state index in [-0.39, 0.29) is 16.7 Å². The maximum Gasteiger partial charge on any atom is 0.339 e. The highest BCUT2D eigenvalue weighted by Crippen LogP contribution is 2.57. The molecule has 2 aliphatic heterocycles. The zero-order valence-electron chi connectivity index (χ0n) is 22.2. The summed E-state index contributed by atoms with van der Waals surface area (Å²) in [5.74, 6) is -0.773. The molecule has 2 N–H and O–H groups in total. The van der Waals surface area contributed by atoms with Crippen LogP contribution < -0.4 is 0 Å². The van der Waals surface area contributed by atoms with Crippen molar-refractivity contribution in [3.8, 4) is 5.75 Å². The topological polar surface area (TPSA) is 73.1 Å². The Morgan fingerprint density at radius 2 is 1.84 bits per heavy atom. The van der Waals surface area contributed by atoms with Gasteiger partial charge in [-0.25, -0.2) is 4.79 Å².